The van der Waals surface area contributed by atoms with Crippen LogP contribution in [0.1, 0.15) is 30.0 Å². The topological polar surface area (TPSA) is 35.2 Å². The molecule has 0 radical (unpaired) electrons. The molecule has 0 spiro atoms. The third-order valence-corrected chi connectivity index (χ3v) is 4.48. The van der Waals surface area contributed by atoms with Gasteiger partial charge in [-0.05, 0) is 53.3 Å². The molecule has 0 saturated carbocycles. The molecule has 2 nitrogen and oxygen atoms in total. The standard InChI is InChI=1S/C24H24ClNO/c1-18(26)27-22-14-12-21(13-15-22)24(20-10-6-3-7-11-20)23(16-17-25)19-8-4-2-5-9-19/h2-15,18H,16-17,26H2,1H3/b24-23+. The summed E-state index contributed by atoms with van der Waals surface area (Å²) in [6, 6.07) is 28.9. The molecule has 0 aliphatic carbocycles. The Kier molecular flexibility index (Phi) is 6.69. The van der Waals surface area contributed by atoms with Crippen LogP contribution in [0.15, 0.2) is 84.9 Å². The Bertz CT molecular complexity index is 871. The third kappa shape index (κ3) is 5.00. The number of halogens is 1. The first-order valence-electron chi connectivity index (χ1n) is 9.11. The molecule has 3 aromatic carbocycles. The minimum atomic E-state index is -0.337. The van der Waals surface area contributed by atoms with Crippen molar-refractivity contribution in [2.24, 2.45) is 5.73 Å². The molecule has 1 atom stereocenters. The van der Waals surface area contributed by atoms with Gasteiger partial charge in [-0.3, -0.25) is 5.73 Å². The summed E-state index contributed by atoms with van der Waals surface area (Å²) in [7, 11) is 0. The average Bonchev–Trinajstić information content (AvgIpc) is 2.70. The zero-order valence-corrected chi connectivity index (χ0v) is 16.2. The number of rotatable bonds is 7. The van der Waals surface area contributed by atoms with Gasteiger partial charge in [-0.15, -0.1) is 11.6 Å². The van der Waals surface area contributed by atoms with E-state index in [4.69, 9.17) is 22.1 Å². The van der Waals surface area contributed by atoms with Crippen LogP contribution in [0.4, 0.5) is 0 Å². The maximum Gasteiger partial charge on any atom is 0.144 e. The first kappa shape index (κ1) is 19.2. The van der Waals surface area contributed by atoms with Crippen molar-refractivity contribution in [3.05, 3.63) is 102 Å². The van der Waals surface area contributed by atoms with Gasteiger partial charge >= 0.3 is 0 Å². The van der Waals surface area contributed by atoms with E-state index >= 15 is 0 Å². The highest BCUT2D eigenvalue weighted by atomic mass is 35.5. The molecular weight excluding hydrogens is 354 g/mol. The van der Waals surface area contributed by atoms with Crippen molar-refractivity contribution in [1.82, 2.24) is 0 Å². The van der Waals surface area contributed by atoms with Crippen molar-refractivity contribution < 1.29 is 4.74 Å². The van der Waals surface area contributed by atoms with Crippen molar-refractivity contribution in [1.29, 1.82) is 0 Å². The third-order valence-electron chi connectivity index (χ3n) is 4.30. The zero-order chi connectivity index (χ0) is 19.1. The van der Waals surface area contributed by atoms with Gasteiger partial charge in [0.2, 0.25) is 0 Å². The van der Waals surface area contributed by atoms with E-state index in [1.807, 2.05) is 31.2 Å². The maximum atomic E-state index is 6.18. The molecule has 0 fully saturated rings. The van der Waals surface area contributed by atoms with Gasteiger partial charge < -0.3 is 4.74 Å². The summed E-state index contributed by atoms with van der Waals surface area (Å²) in [6.45, 7) is 1.82. The van der Waals surface area contributed by atoms with Gasteiger partial charge in [0.15, 0.2) is 0 Å². The minimum Gasteiger partial charge on any atom is -0.476 e. The Morgan fingerprint density at radius 3 is 1.85 bits per heavy atom. The van der Waals surface area contributed by atoms with Gasteiger partial charge in [-0.1, -0.05) is 72.8 Å². The smallest absolute Gasteiger partial charge is 0.144 e. The van der Waals surface area contributed by atoms with E-state index in [1.54, 1.807) is 0 Å². The van der Waals surface area contributed by atoms with E-state index in [2.05, 4.69) is 60.7 Å². The van der Waals surface area contributed by atoms with Crippen molar-refractivity contribution in [2.45, 2.75) is 19.6 Å². The number of benzene rings is 3. The first-order valence-corrected chi connectivity index (χ1v) is 9.65. The van der Waals surface area contributed by atoms with E-state index in [0.717, 1.165) is 17.7 Å². The second kappa shape index (κ2) is 9.40. The number of allylic oxidation sites excluding steroid dienone is 1. The fourth-order valence-electron chi connectivity index (χ4n) is 3.18. The van der Waals surface area contributed by atoms with Crippen LogP contribution in [0.5, 0.6) is 5.75 Å². The summed E-state index contributed by atoms with van der Waals surface area (Å²) >= 11 is 6.18. The van der Waals surface area contributed by atoms with Crippen molar-refractivity contribution >= 4 is 22.7 Å². The Hall–Kier alpha value is -2.55. The highest BCUT2D eigenvalue weighted by molar-refractivity contribution is 6.18. The highest BCUT2D eigenvalue weighted by Gasteiger charge is 2.14. The molecular formula is C24H24ClNO. The molecule has 0 amide bonds. The lowest BCUT2D eigenvalue weighted by atomic mass is 9.88. The summed E-state index contributed by atoms with van der Waals surface area (Å²) in [6.07, 6.45) is 0.449. The zero-order valence-electron chi connectivity index (χ0n) is 15.4. The molecule has 0 bridgehead atoms. The molecule has 2 N–H and O–H groups in total. The summed E-state index contributed by atoms with van der Waals surface area (Å²) in [5, 5.41) is 0. The normalized spacial score (nSPS) is 13.0. The van der Waals surface area contributed by atoms with Crippen molar-refractivity contribution in [3.63, 3.8) is 0 Å². The van der Waals surface area contributed by atoms with E-state index in [0.29, 0.717) is 5.88 Å². The average molecular weight is 378 g/mol. The maximum absolute atomic E-state index is 6.18. The van der Waals surface area contributed by atoms with Crippen LogP contribution in [-0.2, 0) is 0 Å². The van der Waals surface area contributed by atoms with Crippen LogP contribution in [-0.4, -0.2) is 12.1 Å². The lowest BCUT2D eigenvalue weighted by Gasteiger charge is -2.17. The first-order chi connectivity index (χ1) is 13.2. The Labute approximate surface area is 166 Å². The molecule has 0 saturated heterocycles. The molecule has 3 heteroatoms. The Morgan fingerprint density at radius 2 is 1.33 bits per heavy atom. The second-order valence-corrected chi connectivity index (χ2v) is 6.75. The summed E-state index contributed by atoms with van der Waals surface area (Å²) in [4.78, 5) is 0. The van der Waals surface area contributed by atoms with E-state index in [-0.39, 0.29) is 6.23 Å². The van der Waals surface area contributed by atoms with E-state index in [9.17, 15) is 0 Å². The molecule has 3 aromatic rings. The van der Waals surface area contributed by atoms with Crippen LogP contribution in [0.2, 0.25) is 0 Å². The predicted octanol–water partition coefficient (Wildman–Crippen LogP) is 5.96. The molecule has 0 aliphatic rings. The SMILES string of the molecule is CC(N)Oc1ccc(/C(=C(\CCCl)c2ccccc2)c2ccccc2)cc1. The summed E-state index contributed by atoms with van der Waals surface area (Å²) in [5.41, 5.74) is 11.6. The Balaban J connectivity index is 2.16. The number of ether oxygens (including phenoxy) is 1. The number of nitrogens with two attached hydrogens (primary N) is 1. The quantitative estimate of drug-likeness (QED) is 0.313. The number of alkyl halides is 1. The summed E-state index contributed by atoms with van der Waals surface area (Å²) in [5.74, 6) is 1.33. The largest absolute Gasteiger partial charge is 0.476 e. The van der Waals surface area contributed by atoms with E-state index in [1.165, 1.54) is 22.3 Å². The minimum absolute atomic E-state index is 0.337. The molecule has 3 rings (SSSR count). The second-order valence-electron chi connectivity index (χ2n) is 6.37. The lowest BCUT2D eigenvalue weighted by molar-refractivity contribution is 0.230. The van der Waals surface area contributed by atoms with E-state index < -0.39 is 0 Å². The van der Waals surface area contributed by atoms with Gasteiger partial charge in [-0.2, -0.15) is 0 Å². The highest BCUT2D eigenvalue weighted by Crippen LogP contribution is 2.35. The Morgan fingerprint density at radius 1 is 0.815 bits per heavy atom. The van der Waals surface area contributed by atoms with Gasteiger partial charge in [-0.25, -0.2) is 0 Å². The van der Waals surface area contributed by atoms with Crippen LogP contribution in [0.3, 0.4) is 0 Å². The van der Waals surface area contributed by atoms with Crippen LogP contribution in [0.25, 0.3) is 11.1 Å². The fraction of sp³-hybridized carbons (Fsp3) is 0.167. The fourth-order valence-corrected chi connectivity index (χ4v) is 3.37. The molecule has 27 heavy (non-hydrogen) atoms. The van der Waals surface area contributed by atoms with Gasteiger partial charge in [0, 0.05) is 5.88 Å². The van der Waals surface area contributed by atoms with Gasteiger partial charge in [0.1, 0.15) is 12.0 Å². The monoisotopic (exact) mass is 377 g/mol. The molecule has 0 aliphatic heterocycles. The van der Waals surface area contributed by atoms with Gasteiger partial charge in [0.05, 0.1) is 0 Å². The molecule has 0 heterocycles. The summed E-state index contributed by atoms with van der Waals surface area (Å²) < 4.78 is 5.59. The van der Waals surface area contributed by atoms with Gasteiger partial charge in [0.25, 0.3) is 0 Å². The molecule has 1 unspecified atom stereocenters. The van der Waals surface area contributed by atoms with Crippen molar-refractivity contribution in [2.75, 3.05) is 5.88 Å². The van der Waals surface area contributed by atoms with Crippen LogP contribution in [0, 0.1) is 0 Å². The van der Waals surface area contributed by atoms with Crippen molar-refractivity contribution in [3.8, 4) is 5.75 Å². The molecule has 0 aromatic heterocycles. The molecule has 138 valence electrons. The van der Waals surface area contributed by atoms with Crippen LogP contribution < -0.4 is 10.5 Å². The number of hydrogen-bond donors (Lipinski definition) is 1. The number of hydrogen-bond acceptors (Lipinski definition) is 2. The predicted molar refractivity (Wildman–Crippen MR) is 115 cm³/mol. The lowest BCUT2D eigenvalue weighted by Crippen LogP contribution is -2.22. The van der Waals surface area contributed by atoms with Crippen LogP contribution >= 0.6 is 11.6 Å².